The van der Waals surface area contributed by atoms with Crippen LogP contribution in [-0.2, 0) is 9.53 Å². The van der Waals surface area contributed by atoms with Crippen LogP contribution < -0.4 is 10.6 Å². The predicted octanol–water partition coefficient (Wildman–Crippen LogP) is 3.93. The SMILES string of the molecule is CC(C)(CO)NC(=O)CNC(=O)c1ccc(C(=O)C(CSC(C)(C)CO)CSC(C)(C)COC(C)(C)C)cc1. The van der Waals surface area contributed by atoms with Gasteiger partial charge in [-0.2, -0.15) is 23.5 Å². The molecule has 0 saturated heterocycles. The number of aliphatic hydroxyl groups excluding tert-OH is 2. The third-order valence-electron chi connectivity index (χ3n) is 5.67. The Morgan fingerprint density at radius 1 is 0.821 bits per heavy atom. The summed E-state index contributed by atoms with van der Waals surface area (Å²) in [4.78, 5) is 38.1. The summed E-state index contributed by atoms with van der Waals surface area (Å²) in [7, 11) is 0. The molecule has 0 aromatic heterocycles. The molecule has 0 fully saturated rings. The molecule has 39 heavy (non-hydrogen) atoms. The average Bonchev–Trinajstić information content (AvgIpc) is 2.85. The second-order valence-electron chi connectivity index (χ2n) is 12.6. The molecule has 10 heteroatoms. The van der Waals surface area contributed by atoms with E-state index < -0.39 is 17.4 Å². The minimum absolute atomic E-state index is 0.00988. The number of thioether (sulfide) groups is 2. The van der Waals surface area contributed by atoms with Crippen LogP contribution in [0.2, 0.25) is 0 Å². The molecule has 0 radical (unpaired) electrons. The molecule has 1 rings (SSSR count). The van der Waals surface area contributed by atoms with Gasteiger partial charge in [-0.1, -0.05) is 12.1 Å². The predicted molar refractivity (Wildman–Crippen MR) is 162 cm³/mol. The molecule has 4 N–H and O–H groups in total. The number of ketones is 1. The van der Waals surface area contributed by atoms with Gasteiger partial charge in [-0.15, -0.1) is 0 Å². The highest BCUT2D eigenvalue weighted by Crippen LogP contribution is 2.33. The van der Waals surface area contributed by atoms with Gasteiger partial charge in [0.05, 0.1) is 37.5 Å². The maximum absolute atomic E-state index is 13.5. The van der Waals surface area contributed by atoms with E-state index >= 15 is 0 Å². The molecule has 1 unspecified atom stereocenters. The molecule has 0 heterocycles. The summed E-state index contributed by atoms with van der Waals surface area (Å²) in [5.74, 6) is -0.00796. The molecule has 0 aliphatic heterocycles. The van der Waals surface area contributed by atoms with Crippen molar-refractivity contribution in [2.75, 3.05) is 37.9 Å². The summed E-state index contributed by atoms with van der Waals surface area (Å²) in [6.45, 7) is 17.6. The Kier molecular flexibility index (Phi) is 13.5. The van der Waals surface area contributed by atoms with E-state index in [4.69, 9.17) is 4.74 Å². The van der Waals surface area contributed by atoms with E-state index in [1.165, 1.54) is 0 Å². The fraction of sp³-hybridized carbons (Fsp3) is 0.690. The number of Topliss-reactive ketones (excluding diaryl/α,β-unsaturated/α-hetero) is 1. The molecular weight excluding hydrogens is 536 g/mol. The second kappa shape index (κ2) is 14.9. The number of hydrogen-bond acceptors (Lipinski definition) is 8. The zero-order valence-electron chi connectivity index (χ0n) is 25.0. The highest BCUT2D eigenvalue weighted by atomic mass is 32.2. The Labute approximate surface area is 242 Å². The standard InChI is InChI=1S/C29H48N2O6S2/c1-26(2,3)37-19-29(8,9)39-16-22(15-38-28(6,7)18-33)24(35)20-10-12-21(13-11-20)25(36)30-14-23(34)31-27(4,5)17-32/h10-13,22,32-33H,14-19H2,1-9H3,(H,30,36)(H,31,34). The van der Waals surface area contributed by atoms with Crippen LogP contribution in [0.1, 0.15) is 83.0 Å². The van der Waals surface area contributed by atoms with Crippen LogP contribution >= 0.6 is 23.5 Å². The normalized spacial score (nSPS) is 13.6. The van der Waals surface area contributed by atoms with Crippen LogP contribution in [0.4, 0.5) is 0 Å². The van der Waals surface area contributed by atoms with Crippen molar-refractivity contribution in [1.82, 2.24) is 10.6 Å². The quantitative estimate of drug-likeness (QED) is 0.216. The number of carbonyl (C=O) groups excluding carboxylic acids is 3. The summed E-state index contributed by atoms with van der Waals surface area (Å²) in [5.41, 5.74) is -0.186. The van der Waals surface area contributed by atoms with E-state index in [-0.39, 0.29) is 46.6 Å². The zero-order valence-corrected chi connectivity index (χ0v) is 26.6. The Balaban J connectivity index is 2.91. The maximum Gasteiger partial charge on any atom is 0.251 e. The highest BCUT2D eigenvalue weighted by molar-refractivity contribution is 8.01. The average molecular weight is 585 g/mol. The van der Waals surface area contributed by atoms with Gasteiger partial charge >= 0.3 is 0 Å². The summed E-state index contributed by atoms with van der Waals surface area (Å²) >= 11 is 3.26. The summed E-state index contributed by atoms with van der Waals surface area (Å²) in [6.07, 6.45) is 0. The lowest BCUT2D eigenvalue weighted by atomic mass is 9.99. The molecule has 0 aliphatic rings. The van der Waals surface area contributed by atoms with Crippen molar-refractivity contribution in [3.05, 3.63) is 35.4 Å². The molecule has 0 bridgehead atoms. The molecule has 0 aliphatic carbocycles. The summed E-state index contributed by atoms with van der Waals surface area (Å²) in [5, 5.41) is 24.2. The topological polar surface area (TPSA) is 125 Å². The van der Waals surface area contributed by atoms with Gasteiger partial charge in [0.15, 0.2) is 5.78 Å². The number of nitrogens with one attached hydrogen (secondary N) is 2. The number of hydrogen-bond donors (Lipinski definition) is 4. The van der Waals surface area contributed by atoms with Gasteiger partial charge in [-0.3, -0.25) is 14.4 Å². The van der Waals surface area contributed by atoms with E-state index in [1.807, 2.05) is 34.6 Å². The first-order valence-electron chi connectivity index (χ1n) is 13.2. The molecule has 0 saturated carbocycles. The minimum Gasteiger partial charge on any atom is -0.395 e. The monoisotopic (exact) mass is 584 g/mol. The summed E-state index contributed by atoms with van der Waals surface area (Å²) < 4.78 is 5.43. The fourth-order valence-electron chi connectivity index (χ4n) is 3.07. The van der Waals surface area contributed by atoms with Crippen molar-refractivity contribution in [3.63, 3.8) is 0 Å². The molecule has 8 nitrogen and oxygen atoms in total. The fourth-order valence-corrected chi connectivity index (χ4v) is 5.30. The van der Waals surface area contributed by atoms with Crippen LogP contribution in [0.5, 0.6) is 0 Å². The van der Waals surface area contributed by atoms with Gasteiger partial charge in [-0.25, -0.2) is 0 Å². The van der Waals surface area contributed by atoms with Gasteiger partial charge < -0.3 is 25.6 Å². The van der Waals surface area contributed by atoms with Gasteiger partial charge in [-0.05, 0) is 74.4 Å². The number of benzene rings is 1. The third kappa shape index (κ3) is 14.0. The molecule has 0 spiro atoms. The van der Waals surface area contributed by atoms with Crippen molar-refractivity contribution in [2.24, 2.45) is 5.92 Å². The van der Waals surface area contributed by atoms with Crippen LogP contribution in [0, 0.1) is 5.92 Å². The Morgan fingerprint density at radius 2 is 1.33 bits per heavy atom. The number of carbonyl (C=O) groups is 3. The van der Waals surface area contributed by atoms with E-state index in [2.05, 4.69) is 24.5 Å². The lowest BCUT2D eigenvalue weighted by Crippen LogP contribution is -2.49. The smallest absolute Gasteiger partial charge is 0.251 e. The Hall–Kier alpha value is -1.59. The first-order chi connectivity index (χ1) is 17.8. The molecule has 1 atom stereocenters. The zero-order chi connectivity index (χ0) is 30.1. The molecular formula is C29H48N2O6S2. The Morgan fingerprint density at radius 3 is 1.82 bits per heavy atom. The highest BCUT2D eigenvalue weighted by Gasteiger charge is 2.29. The lowest BCUT2D eigenvalue weighted by molar-refractivity contribution is -0.122. The van der Waals surface area contributed by atoms with Crippen molar-refractivity contribution in [3.8, 4) is 0 Å². The number of amides is 2. The van der Waals surface area contributed by atoms with E-state index in [0.29, 0.717) is 29.2 Å². The number of aliphatic hydroxyl groups is 2. The van der Waals surface area contributed by atoms with Crippen molar-refractivity contribution < 1.29 is 29.3 Å². The van der Waals surface area contributed by atoms with Crippen molar-refractivity contribution in [1.29, 1.82) is 0 Å². The molecule has 1 aromatic carbocycles. The van der Waals surface area contributed by atoms with Gasteiger partial charge in [0.25, 0.3) is 5.91 Å². The van der Waals surface area contributed by atoms with Crippen molar-refractivity contribution >= 4 is 41.1 Å². The Bertz CT molecular complexity index is 956. The molecule has 1 aromatic rings. The van der Waals surface area contributed by atoms with Gasteiger partial charge in [0.1, 0.15) is 0 Å². The first kappa shape index (κ1) is 35.4. The number of ether oxygens (including phenoxy) is 1. The van der Waals surface area contributed by atoms with E-state index in [0.717, 1.165) is 0 Å². The third-order valence-corrected chi connectivity index (χ3v) is 8.62. The van der Waals surface area contributed by atoms with Crippen molar-refractivity contribution in [2.45, 2.75) is 82.9 Å². The van der Waals surface area contributed by atoms with Crippen LogP contribution in [-0.4, -0.2) is 86.3 Å². The van der Waals surface area contributed by atoms with Crippen LogP contribution in [0.3, 0.4) is 0 Å². The maximum atomic E-state index is 13.5. The lowest BCUT2D eigenvalue weighted by Gasteiger charge is -2.31. The largest absolute Gasteiger partial charge is 0.395 e. The van der Waals surface area contributed by atoms with E-state index in [9.17, 15) is 24.6 Å². The second-order valence-corrected chi connectivity index (χ2v) is 16.1. The minimum atomic E-state index is -0.780. The van der Waals surface area contributed by atoms with Gasteiger partial charge in [0, 0.05) is 38.0 Å². The van der Waals surface area contributed by atoms with Crippen LogP contribution in [0.25, 0.3) is 0 Å². The summed E-state index contributed by atoms with van der Waals surface area (Å²) in [6, 6.07) is 6.43. The molecule has 2 amide bonds. The van der Waals surface area contributed by atoms with E-state index in [1.54, 1.807) is 61.6 Å². The number of rotatable bonds is 16. The first-order valence-corrected chi connectivity index (χ1v) is 15.1. The van der Waals surface area contributed by atoms with Gasteiger partial charge in [0.2, 0.25) is 5.91 Å². The molecule has 222 valence electrons. The van der Waals surface area contributed by atoms with Crippen LogP contribution in [0.15, 0.2) is 24.3 Å².